The van der Waals surface area contributed by atoms with Crippen molar-refractivity contribution in [3.63, 3.8) is 0 Å². The maximum atomic E-state index is 11.8. The number of rotatable bonds is 2. The molecule has 0 amide bonds. The fraction of sp³-hybridized carbons (Fsp3) is 0.100. The van der Waals surface area contributed by atoms with Gasteiger partial charge in [-0.05, 0) is 24.4 Å². The first kappa shape index (κ1) is 11.9. The van der Waals surface area contributed by atoms with Gasteiger partial charge in [-0.25, -0.2) is 8.42 Å². The average molecular weight is 269 g/mol. The lowest BCUT2D eigenvalue weighted by Gasteiger charge is -2.19. The predicted octanol–water partition coefficient (Wildman–Crippen LogP) is 0.153. The van der Waals surface area contributed by atoms with Gasteiger partial charge in [-0.2, -0.15) is 0 Å². The van der Waals surface area contributed by atoms with Gasteiger partial charge in [0.25, 0.3) is 0 Å². The summed E-state index contributed by atoms with van der Waals surface area (Å²) < 4.78 is 23.6. The van der Waals surface area contributed by atoms with Crippen LogP contribution in [0.1, 0.15) is 5.56 Å². The van der Waals surface area contributed by atoms with Crippen LogP contribution in [0.15, 0.2) is 35.2 Å². The number of fused-ring (bicyclic) bond motifs is 1. The van der Waals surface area contributed by atoms with E-state index < -0.39 is 9.84 Å². The third-order valence-electron chi connectivity index (χ3n) is 2.34. The lowest BCUT2D eigenvalue weighted by molar-refractivity contribution is 0.597. The molecule has 0 fully saturated rings. The molecule has 1 aromatic carbocycles. The lowest BCUT2D eigenvalue weighted by atomic mass is 10.1. The van der Waals surface area contributed by atoms with E-state index in [9.17, 15) is 8.42 Å². The molecule has 4 N–H and O–H groups in total. The number of sulfone groups is 1. The van der Waals surface area contributed by atoms with E-state index in [1.54, 1.807) is 30.3 Å². The van der Waals surface area contributed by atoms with Crippen LogP contribution in [0.3, 0.4) is 0 Å². The number of hydrogen-bond donors (Lipinski definition) is 3. The Morgan fingerprint density at radius 1 is 1.35 bits per heavy atom. The highest BCUT2D eigenvalue weighted by atomic mass is 32.2. The monoisotopic (exact) mass is 269 g/mol. The molecule has 0 unspecified atom stereocenters. The van der Waals surface area contributed by atoms with Gasteiger partial charge in [-0.1, -0.05) is 18.2 Å². The molecule has 1 aliphatic heterocycles. The molecule has 90 valence electrons. The summed E-state index contributed by atoms with van der Waals surface area (Å²) in [5, 5.41) is 0.0943. The predicted molar refractivity (Wildman–Crippen MR) is 69.5 cm³/mol. The summed E-state index contributed by atoms with van der Waals surface area (Å²) >= 11 is 4.67. The van der Waals surface area contributed by atoms with Crippen molar-refractivity contribution >= 4 is 32.9 Å². The third-order valence-corrected chi connectivity index (χ3v) is 4.07. The van der Waals surface area contributed by atoms with Gasteiger partial charge in [-0.3, -0.25) is 10.9 Å². The Kier molecular flexibility index (Phi) is 3.03. The lowest BCUT2D eigenvalue weighted by Crippen LogP contribution is -2.40. The van der Waals surface area contributed by atoms with Crippen LogP contribution < -0.4 is 16.6 Å². The van der Waals surface area contributed by atoms with E-state index in [0.29, 0.717) is 16.2 Å². The summed E-state index contributed by atoms with van der Waals surface area (Å²) in [5.41, 5.74) is 11.9. The second kappa shape index (κ2) is 4.34. The maximum absolute atomic E-state index is 11.8. The van der Waals surface area contributed by atoms with Crippen molar-refractivity contribution in [2.45, 2.75) is 4.90 Å². The van der Waals surface area contributed by atoms with Gasteiger partial charge in [0.15, 0.2) is 14.9 Å². The Morgan fingerprint density at radius 3 is 2.76 bits per heavy atom. The summed E-state index contributed by atoms with van der Waals surface area (Å²) in [7, 11) is -3.22. The standard InChI is InChI=1S/C10H11N3O2S2/c11-10(16)13-12-8-5-6-17(14,15)9-4-2-1-3-7(8)9/h1-5,12H,6H2,(H3,11,13,16). The summed E-state index contributed by atoms with van der Waals surface area (Å²) in [4.78, 5) is 0.315. The SMILES string of the molecule is NC(=S)NNC1=CCS(=O)(=O)c2ccccc21. The summed E-state index contributed by atoms with van der Waals surface area (Å²) in [6.07, 6.45) is 1.59. The highest BCUT2D eigenvalue weighted by Gasteiger charge is 2.23. The Balaban J connectivity index is 2.39. The summed E-state index contributed by atoms with van der Waals surface area (Å²) in [5.74, 6) is -0.0363. The Bertz CT molecular complexity index is 593. The molecule has 0 spiro atoms. The average Bonchev–Trinajstić information content (AvgIpc) is 2.28. The molecular formula is C10H11N3O2S2. The van der Waals surface area contributed by atoms with Crippen LogP contribution in [0, 0.1) is 0 Å². The van der Waals surface area contributed by atoms with Crippen LogP contribution in [0.5, 0.6) is 0 Å². The molecule has 0 atom stereocenters. The minimum atomic E-state index is -3.22. The molecule has 0 saturated heterocycles. The minimum absolute atomic E-state index is 0.0363. The normalized spacial score (nSPS) is 16.6. The van der Waals surface area contributed by atoms with Crippen molar-refractivity contribution in [2.75, 3.05) is 5.75 Å². The zero-order valence-electron chi connectivity index (χ0n) is 8.80. The van der Waals surface area contributed by atoms with Crippen LogP contribution in [0.4, 0.5) is 0 Å². The molecule has 1 aromatic rings. The minimum Gasteiger partial charge on any atom is -0.375 e. The topological polar surface area (TPSA) is 84.2 Å². The van der Waals surface area contributed by atoms with Gasteiger partial charge in [0.1, 0.15) is 0 Å². The van der Waals surface area contributed by atoms with Crippen LogP contribution in [0.25, 0.3) is 5.70 Å². The van der Waals surface area contributed by atoms with Gasteiger partial charge in [-0.15, -0.1) is 0 Å². The summed E-state index contributed by atoms with van der Waals surface area (Å²) in [6, 6.07) is 6.78. The smallest absolute Gasteiger partial charge is 0.182 e. The van der Waals surface area contributed by atoms with Crippen molar-refractivity contribution in [3.05, 3.63) is 35.9 Å². The zero-order chi connectivity index (χ0) is 12.5. The first-order chi connectivity index (χ1) is 8.00. The first-order valence-electron chi connectivity index (χ1n) is 4.84. The number of hydrogen-bond acceptors (Lipinski definition) is 4. The molecule has 0 aromatic heterocycles. The van der Waals surface area contributed by atoms with Gasteiger partial charge >= 0.3 is 0 Å². The first-order valence-corrected chi connectivity index (χ1v) is 6.90. The van der Waals surface area contributed by atoms with Crippen molar-refractivity contribution < 1.29 is 8.42 Å². The number of nitrogens with two attached hydrogens (primary N) is 1. The Morgan fingerprint density at radius 2 is 2.06 bits per heavy atom. The number of nitrogens with one attached hydrogen (secondary N) is 2. The van der Waals surface area contributed by atoms with E-state index >= 15 is 0 Å². The van der Waals surface area contributed by atoms with Crippen molar-refractivity contribution in [1.29, 1.82) is 0 Å². The third kappa shape index (κ3) is 2.40. The summed E-state index contributed by atoms with van der Waals surface area (Å²) in [6.45, 7) is 0. The molecule has 2 rings (SSSR count). The highest BCUT2D eigenvalue weighted by Crippen LogP contribution is 2.27. The van der Waals surface area contributed by atoms with Gasteiger partial charge < -0.3 is 5.73 Å². The van der Waals surface area contributed by atoms with E-state index in [1.807, 2.05) is 0 Å². The van der Waals surface area contributed by atoms with E-state index in [0.717, 1.165) is 0 Å². The molecule has 5 nitrogen and oxygen atoms in total. The largest absolute Gasteiger partial charge is 0.375 e. The molecule has 0 radical (unpaired) electrons. The van der Waals surface area contributed by atoms with Crippen LogP contribution in [-0.2, 0) is 9.84 Å². The number of hydrazine groups is 1. The highest BCUT2D eigenvalue weighted by molar-refractivity contribution is 7.91. The molecule has 17 heavy (non-hydrogen) atoms. The number of thiocarbonyl (C=S) groups is 1. The molecule has 1 aliphatic rings. The molecule has 0 aliphatic carbocycles. The maximum Gasteiger partial charge on any atom is 0.182 e. The van der Waals surface area contributed by atoms with Crippen LogP contribution in [0.2, 0.25) is 0 Å². The quantitative estimate of drug-likeness (QED) is 0.524. The zero-order valence-corrected chi connectivity index (χ0v) is 10.4. The number of benzene rings is 1. The Labute approximate surface area is 105 Å². The van der Waals surface area contributed by atoms with Crippen molar-refractivity contribution in [3.8, 4) is 0 Å². The van der Waals surface area contributed by atoms with Crippen LogP contribution in [-0.4, -0.2) is 19.3 Å². The molecule has 0 bridgehead atoms. The van der Waals surface area contributed by atoms with E-state index in [4.69, 9.17) is 5.73 Å². The second-order valence-corrected chi connectivity index (χ2v) is 5.95. The van der Waals surface area contributed by atoms with E-state index in [-0.39, 0.29) is 10.9 Å². The van der Waals surface area contributed by atoms with Gasteiger partial charge in [0, 0.05) is 5.56 Å². The van der Waals surface area contributed by atoms with E-state index in [2.05, 4.69) is 23.1 Å². The van der Waals surface area contributed by atoms with Crippen molar-refractivity contribution in [1.82, 2.24) is 10.9 Å². The molecular weight excluding hydrogens is 258 g/mol. The fourth-order valence-corrected chi connectivity index (χ4v) is 3.02. The Hall–Kier alpha value is -1.60. The second-order valence-electron chi connectivity index (χ2n) is 3.51. The van der Waals surface area contributed by atoms with Crippen LogP contribution >= 0.6 is 12.2 Å². The fourth-order valence-electron chi connectivity index (χ4n) is 1.60. The molecule has 1 heterocycles. The molecule has 7 heteroatoms. The van der Waals surface area contributed by atoms with Crippen molar-refractivity contribution in [2.24, 2.45) is 5.73 Å². The molecule has 0 saturated carbocycles. The van der Waals surface area contributed by atoms with E-state index in [1.165, 1.54) is 0 Å². The van der Waals surface area contributed by atoms with Gasteiger partial charge in [0.2, 0.25) is 0 Å². The van der Waals surface area contributed by atoms with Gasteiger partial charge in [0.05, 0.1) is 16.3 Å².